The number of oxazole rings is 1. The van der Waals surface area contributed by atoms with Crippen molar-refractivity contribution in [1.29, 1.82) is 0 Å². The Kier molecular flexibility index (Phi) is 6.80. The molecule has 0 aliphatic heterocycles. The molecule has 0 fully saturated rings. The number of pyridine rings is 1. The lowest BCUT2D eigenvalue weighted by atomic mass is 10.1. The highest BCUT2D eigenvalue weighted by Crippen LogP contribution is 2.37. The number of methoxy groups -OCH3 is 1. The molecule has 0 saturated carbocycles. The predicted molar refractivity (Wildman–Crippen MR) is 139 cm³/mol. The largest absolute Gasteiger partial charge is 0.494 e. The van der Waals surface area contributed by atoms with E-state index in [1.54, 1.807) is 17.4 Å². The number of fused-ring (bicyclic) bond motifs is 2. The van der Waals surface area contributed by atoms with Gasteiger partial charge in [-0.2, -0.15) is 13.2 Å². The molecule has 196 valence electrons. The van der Waals surface area contributed by atoms with Crippen LogP contribution in [0.5, 0.6) is 5.75 Å². The van der Waals surface area contributed by atoms with Gasteiger partial charge in [0.15, 0.2) is 11.5 Å². The van der Waals surface area contributed by atoms with Crippen LogP contribution in [-0.4, -0.2) is 23.0 Å². The summed E-state index contributed by atoms with van der Waals surface area (Å²) in [6, 6.07) is 12.5. The minimum absolute atomic E-state index is 0.00491. The summed E-state index contributed by atoms with van der Waals surface area (Å²) in [5, 5.41) is 6.26. The average Bonchev–Trinajstić information content (AvgIpc) is 3.55. The van der Waals surface area contributed by atoms with Crippen LogP contribution >= 0.6 is 11.3 Å². The molecule has 0 spiro atoms. The van der Waals surface area contributed by atoms with Gasteiger partial charge in [-0.05, 0) is 53.1 Å². The number of nitrogens with one attached hydrogen (secondary N) is 1. The summed E-state index contributed by atoms with van der Waals surface area (Å²) in [6.45, 7) is 2.12. The molecule has 0 bridgehead atoms. The third kappa shape index (κ3) is 4.70. The molecule has 0 aliphatic carbocycles. The highest BCUT2D eigenvalue weighted by molar-refractivity contribution is 7.17. The Labute approximate surface area is 219 Å². The van der Waals surface area contributed by atoms with Gasteiger partial charge in [-0.25, -0.2) is 9.97 Å². The summed E-state index contributed by atoms with van der Waals surface area (Å²) in [4.78, 5) is 21.5. The second-order valence-electron chi connectivity index (χ2n) is 8.59. The quantitative estimate of drug-likeness (QED) is 0.245. The Balaban J connectivity index is 1.53. The minimum atomic E-state index is -4.63. The molecule has 3 N–H and O–H groups in total. The number of nitrogens with zero attached hydrogens (tertiary/aromatic N) is 2. The molecular formula is C27H23F3N4O3S. The van der Waals surface area contributed by atoms with E-state index in [2.05, 4.69) is 15.3 Å². The van der Waals surface area contributed by atoms with E-state index in [0.717, 1.165) is 21.7 Å². The number of thiophene rings is 1. The van der Waals surface area contributed by atoms with Crippen molar-refractivity contribution in [3.05, 3.63) is 76.6 Å². The minimum Gasteiger partial charge on any atom is -0.494 e. The lowest BCUT2D eigenvalue weighted by Gasteiger charge is -2.11. The fourth-order valence-corrected chi connectivity index (χ4v) is 5.14. The molecule has 5 aromatic rings. The summed E-state index contributed by atoms with van der Waals surface area (Å²) in [7, 11) is 1.35. The van der Waals surface area contributed by atoms with Crippen LogP contribution in [0.3, 0.4) is 0 Å². The summed E-state index contributed by atoms with van der Waals surface area (Å²) >= 11 is 1.59. The molecule has 2 aromatic carbocycles. The molecule has 0 aliphatic rings. The highest BCUT2D eigenvalue weighted by atomic mass is 32.1. The molecule has 3 aromatic heterocycles. The Hall–Kier alpha value is -3.96. The zero-order valence-corrected chi connectivity index (χ0v) is 21.2. The SMILES string of the molecule is CC[C@H](N)c1oc(-c2ccc(OC)c3nc(C(F)(F)F)ccc23)nc1C(=O)NCc1csc2ccccc12. The number of alkyl halides is 3. The number of carbonyl (C=O) groups excluding carboxylic acids is 1. The van der Waals surface area contributed by atoms with Crippen LogP contribution in [0.25, 0.3) is 32.4 Å². The molecule has 38 heavy (non-hydrogen) atoms. The molecular weight excluding hydrogens is 517 g/mol. The number of carbonyl (C=O) groups is 1. The van der Waals surface area contributed by atoms with Crippen molar-refractivity contribution in [2.45, 2.75) is 32.1 Å². The molecule has 1 amide bonds. The summed E-state index contributed by atoms with van der Waals surface area (Å²) in [6.07, 6.45) is -4.15. The second kappa shape index (κ2) is 10.1. The molecule has 0 saturated heterocycles. The molecule has 11 heteroatoms. The third-order valence-corrected chi connectivity index (χ3v) is 7.22. The van der Waals surface area contributed by atoms with Gasteiger partial charge >= 0.3 is 6.18 Å². The van der Waals surface area contributed by atoms with Crippen LogP contribution in [0.2, 0.25) is 0 Å². The number of halogens is 3. The standard InChI is InChI=1S/C27H23F3N4O3S/c1-3-18(31)24-23(25(35)32-12-14-13-38-20-7-5-4-6-15(14)20)34-26(37-24)17-8-10-19(36-2)22-16(17)9-11-21(33-22)27(28,29)30/h4-11,13,18H,3,12,31H2,1-2H3,(H,32,35)/t18-/m0/s1. The monoisotopic (exact) mass is 540 g/mol. The smallest absolute Gasteiger partial charge is 0.433 e. The molecule has 0 unspecified atom stereocenters. The first-order chi connectivity index (χ1) is 18.2. The van der Waals surface area contributed by atoms with Crippen LogP contribution in [0, 0.1) is 0 Å². The van der Waals surface area contributed by atoms with Gasteiger partial charge in [-0.15, -0.1) is 11.3 Å². The predicted octanol–water partition coefficient (Wildman–Crippen LogP) is 6.47. The van der Waals surface area contributed by atoms with Gasteiger partial charge in [0.2, 0.25) is 5.89 Å². The van der Waals surface area contributed by atoms with E-state index in [1.807, 2.05) is 36.6 Å². The lowest BCUT2D eigenvalue weighted by Crippen LogP contribution is -2.25. The van der Waals surface area contributed by atoms with Crippen molar-refractivity contribution >= 4 is 38.2 Å². The first-order valence-corrected chi connectivity index (χ1v) is 12.6. The van der Waals surface area contributed by atoms with Crippen molar-refractivity contribution in [3.63, 3.8) is 0 Å². The molecule has 0 radical (unpaired) electrons. The van der Waals surface area contributed by atoms with Crippen molar-refractivity contribution < 1.29 is 27.1 Å². The summed E-state index contributed by atoms with van der Waals surface area (Å²) in [5.41, 5.74) is 6.54. The van der Waals surface area contributed by atoms with E-state index in [0.29, 0.717) is 17.4 Å². The highest BCUT2D eigenvalue weighted by Gasteiger charge is 2.33. The molecule has 3 heterocycles. The Morgan fingerprint density at radius 2 is 1.92 bits per heavy atom. The van der Waals surface area contributed by atoms with Gasteiger partial charge in [-0.3, -0.25) is 4.79 Å². The van der Waals surface area contributed by atoms with Gasteiger partial charge in [0.1, 0.15) is 17.0 Å². The van der Waals surface area contributed by atoms with Gasteiger partial charge in [0, 0.05) is 22.2 Å². The summed E-state index contributed by atoms with van der Waals surface area (Å²) < 4.78 is 52.3. The van der Waals surface area contributed by atoms with Gasteiger partial charge in [0.05, 0.1) is 13.2 Å². The first-order valence-electron chi connectivity index (χ1n) is 11.8. The van der Waals surface area contributed by atoms with E-state index < -0.39 is 23.8 Å². The summed E-state index contributed by atoms with van der Waals surface area (Å²) in [5.74, 6) is -0.0689. The fourth-order valence-electron chi connectivity index (χ4n) is 4.18. The molecule has 1 atom stereocenters. The van der Waals surface area contributed by atoms with Gasteiger partial charge < -0.3 is 20.2 Å². The first kappa shape index (κ1) is 25.7. The number of amides is 1. The Morgan fingerprint density at radius 3 is 2.66 bits per heavy atom. The maximum atomic E-state index is 13.3. The van der Waals surface area contributed by atoms with Gasteiger partial charge in [0.25, 0.3) is 5.91 Å². The van der Waals surface area contributed by atoms with E-state index >= 15 is 0 Å². The van der Waals surface area contributed by atoms with Crippen molar-refractivity contribution in [1.82, 2.24) is 15.3 Å². The van der Waals surface area contributed by atoms with Crippen molar-refractivity contribution in [2.75, 3.05) is 7.11 Å². The van der Waals surface area contributed by atoms with E-state index in [-0.39, 0.29) is 35.2 Å². The van der Waals surface area contributed by atoms with E-state index in [4.69, 9.17) is 14.9 Å². The number of ether oxygens (including phenoxy) is 1. The average molecular weight is 541 g/mol. The fraction of sp³-hybridized carbons (Fsp3) is 0.222. The number of rotatable bonds is 7. The number of hydrogen-bond donors (Lipinski definition) is 2. The van der Waals surface area contributed by atoms with Crippen LogP contribution in [0.1, 0.15) is 46.9 Å². The Morgan fingerprint density at radius 1 is 1.13 bits per heavy atom. The topological polar surface area (TPSA) is 103 Å². The molecule has 5 rings (SSSR count). The maximum Gasteiger partial charge on any atom is 0.433 e. The van der Waals surface area contributed by atoms with Crippen LogP contribution < -0.4 is 15.8 Å². The zero-order chi connectivity index (χ0) is 27.0. The number of hydrogen-bond acceptors (Lipinski definition) is 7. The lowest BCUT2D eigenvalue weighted by molar-refractivity contribution is -0.140. The number of aromatic nitrogens is 2. The van der Waals surface area contributed by atoms with Crippen LogP contribution in [0.15, 0.2) is 58.3 Å². The Bertz CT molecular complexity index is 1640. The van der Waals surface area contributed by atoms with Crippen molar-refractivity contribution in [2.24, 2.45) is 5.73 Å². The van der Waals surface area contributed by atoms with Crippen LogP contribution in [-0.2, 0) is 12.7 Å². The number of nitrogens with two attached hydrogens (primary N) is 1. The maximum absolute atomic E-state index is 13.3. The van der Waals surface area contributed by atoms with Gasteiger partial charge in [-0.1, -0.05) is 25.1 Å². The van der Waals surface area contributed by atoms with E-state index in [1.165, 1.54) is 19.2 Å². The molecule has 7 nitrogen and oxygen atoms in total. The van der Waals surface area contributed by atoms with Crippen molar-refractivity contribution in [3.8, 4) is 17.2 Å². The zero-order valence-electron chi connectivity index (χ0n) is 20.4. The normalized spacial score (nSPS) is 12.7. The third-order valence-electron chi connectivity index (χ3n) is 6.21. The van der Waals surface area contributed by atoms with Crippen LogP contribution in [0.4, 0.5) is 13.2 Å². The number of benzene rings is 2. The second-order valence-corrected chi connectivity index (χ2v) is 9.50. The van der Waals surface area contributed by atoms with E-state index in [9.17, 15) is 18.0 Å².